The molecule has 0 atom stereocenters. The standard InChI is InChI=1S/C4H6O3Te/c1-8(2-5,3-6)4-7/h2-4H,1H3. The Hall–Kier alpha value is -0.200. The van der Waals surface area contributed by atoms with Gasteiger partial charge in [-0.2, -0.15) is 0 Å². The fourth-order valence-electron chi connectivity index (χ4n) is 0.0680. The van der Waals surface area contributed by atoms with Crippen molar-refractivity contribution in [3.63, 3.8) is 0 Å². The molecule has 0 spiro atoms. The van der Waals surface area contributed by atoms with Crippen LogP contribution in [0.5, 0.6) is 0 Å². The van der Waals surface area contributed by atoms with Crippen LogP contribution >= 0.6 is 0 Å². The molecule has 0 bridgehead atoms. The second-order valence-corrected chi connectivity index (χ2v) is 9.42. The first kappa shape index (κ1) is 7.80. The molecule has 0 aromatic heterocycles. The van der Waals surface area contributed by atoms with Crippen molar-refractivity contribution in [1.82, 2.24) is 0 Å². The Labute approximate surface area is 50.9 Å². The predicted octanol–water partition coefficient (Wildman–Crippen LogP) is -0.619. The van der Waals surface area contributed by atoms with Gasteiger partial charge in [-0.15, -0.1) is 0 Å². The first-order valence-electron chi connectivity index (χ1n) is 1.82. The van der Waals surface area contributed by atoms with Crippen molar-refractivity contribution in [3.8, 4) is 0 Å². The molecule has 0 aliphatic heterocycles. The zero-order chi connectivity index (χ0) is 6.62. The van der Waals surface area contributed by atoms with Crippen molar-refractivity contribution in [1.29, 1.82) is 0 Å². The monoisotopic (exact) mass is 232 g/mol. The van der Waals surface area contributed by atoms with Crippen LogP contribution in [0.4, 0.5) is 0 Å². The third kappa shape index (κ3) is 1.73. The van der Waals surface area contributed by atoms with Crippen LogP contribution in [0.15, 0.2) is 0 Å². The summed E-state index contributed by atoms with van der Waals surface area (Å²) < 4.78 is 1.51. The van der Waals surface area contributed by atoms with Crippen LogP contribution in [0.2, 0.25) is 4.97 Å². The van der Waals surface area contributed by atoms with Gasteiger partial charge in [-0.25, -0.2) is 0 Å². The van der Waals surface area contributed by atoms with Crippen LogP contribution in [0, 0.1) is 0 Å². The Bertz CT molecular complexity index is 98.7. The van der Waals surface area contributed by atoms with Crippen molar-refractivity contribution in [3.05, 3.63) is 0 Å². The van der Waals surface area contributed by atoms with Crippen molar-refractivity contribution in [2.75, 3.05) is 0 Å². The molecule has 0 saturated carbocycles. The number of carbonyl (C=O) groups is 3. The summed E-state index contributed by atoms with van der Waals surface area (Å²) in [6.07, 6.45) is 0. The molecule has 0 N–H and O–H groups in total. The third-order valence-corrected chi connectivity index (χ3v) is 4.17. The summed E-state index contributed by atoms with van der Waals surface area (Å²) in [7, 11) is 0. The molecule has 0 fully saturated rings. The van der Waals surface area contributed by atoms with Crippen molar-refractivity contribution >= 4 is 31.2 Å². The summed E-state index contributed by atoms with van der Waals surface area (Å²) in [6.45, 7) is 0. The molecule has 0 saturated heterocycles. The summed E-state index contributed by atoms with van der Waals surface area (Å²) >= 11 is -3.19. The minimum atomic E-state index is -3.19. The van der Waals surface area contributed by atoms with E-state index >= 15 is 0 Å². The average Bonchev–Trinajstić information content (AvgIpc) is 1.87. The Morgan fingerprint density at radius 3 is 1.25 bits per heavy atom. The van der Waals surface area contributed by atoms with Crippen LogP contribution in [0.25, 0.3) is 0 Å². The number of carbonyl (C=O) groups excluding carboxylic acids is 3. The minimum absolute atomic E-state index is 0.502. The van der Waals surface area contributed by atoms with E-state index in [4.69, 9.17) is 0 Å². The normalized spacial score (nSPS) is 12.1. The van der Waals surface area contributed by atoms with Gasteiger partial charge in [-0.1, -0.05) is 0 Å². The van der Waals surface area contributed by atoms with Crippen LogP contribution in [-0.4, -0.2) is 31.2 Å². The molecule has 0 amide bonds. The maximum absolute atomic E-state index is 9.91. The van der Waals surface area contributed by atoms with Crippen molar-refractivity contribution < 1.29 is 14.4 Å². The van der Waals surface area contributed by atoms with Crippen LogP contribution < -0.4 is 0 Å². The van der Waals surface area contributed by atoms with Crippen molar-refractivity contribution in [2.45, 2.75) is 4.97 Å². The van der Waals surface area contributed by atoms with Gasteiger partial charge in [0.2, 0.25) is 0 Å². The zero-order valence-electron chi connectivity index (χ0n) is 4.37. The Morgan fingerprint density at radius 1 is 1.00 bits per heavy atom. The van der Waals surface area contributed by atoms with Gasteiger partial charge in [0, 0.05) is 0 Å². The topological polar surface area (TPSA) is 51.2 Å². The Morgan fingerprint density at radius 2 is 1.25 bits per heavy atom. The molecule has 0 unspecified atom stereocenters. The van der Waals surface area contributed by atoms with E-state index in [1.807, 2.05) is 0 Å². The van der Waals surface area contributed by atoms with Gasteiger partial charge in [0.25, 0.3) is 0 Å². The van der Waals surface area contributed by atoms with E-state index < -0.39 is 18.2 Å². The first-order valence-corrected chi connectivity index (χ1v) is 8.19. The van der Waals surface area contributed by atoms with E-state index in [0.29, 0.717) is 13.0 Å². The van der Waals surface area contributed by atoms with Gasteiger partial charge in [0.15, 0.2) is 0 Å². The number of rotatable bonds is 3. The van der Waals surface area contributed by atoms with Gasteiger partial charge >= 0.3 is 50.5 Å². The van der Waals surface area contributed by atoms with Gasteiger partial charge in [0.1, 0.15) is 0 Å². The summed E-state index contributed by atoms with van der Waals surface area (Å²) in [5.74, 6) is 0. The zero-order valence-corrected chi connectivity index (χ0v) is 6.70. The van der Waals surface area contributed by atoms with Gasteiger partial charge in [-0.3, -0.25) is 0 Å². The maximum atomic E-state index is 9.91. The molecule has 0 aromatic carbocycles. The van der Waals surface area contributed by atoms with Gasteiger partial charge in [-0.05, 0) is 0 Å². The van der Waals surface area contributed by atoms with Gasteiger partial charge in [0.05, 0.1) is 0 Å². The van der Waals surface area contributed by atoms with Crippen molar-refractivity contribution in [2.24, 2.45) is 0 Å². The third-order valence-electron chi connectivity index (χ3n) is 0.622. The first-order chi connectivity index (χ1) is 3.68. The van der Waals surface area contributed by atoms with E-state index in [9.17, 15) is 14.4 Å². The summed E-state index contributed by atoms with van der Waals surface area (Å²) in [5, 5.41) is 0. The van der Waals surface area contributed by atoms with E-state index in [1.165, 1.54) is 4.97 Å². The Balaban J connectivity index is 4.18. The molecule has 0 rings (SSSR count). The fraction of sp³-hybridized carbons (Fsp3) is 0.250. The molecule has 0 aliphatic carbocycles. The molecule has 0 aromatic rings. The summed E-state index contributed by atoms with van der Waals surface area (Å²) in [6, 6.07) is 0. The number of hydrogen-bond acceptors (Lipinski definition) is 3. The molecular formula is C4H6O3Te. The average molecular weight is 230 g/mol. The SMILES string of the molecule is C[Te](C=O)(C=O)C=O. The second-order valence-electron chi connectivity index (χ2n) is 1.40. The molecule has 8 heavy (non-hydrogen) atoms. The molecule has 0 heterocycles. The van der Waals surface area contributed by atoms with Crippen LogP contribution in [0.3, 0.4) is 0 Å². The van der Waals surface area contributed by atoms with E-state index in [1.54, 1.807) is 0 Å². The second kappa shape index (κ2) is 2.95. The van der Waals surface area contributed by atoms with E-state index in [0.717, 1.165) is 0 Å². The predicted molar refractivity (Wildman–Crippen MR) is 31.9 cm³/mol. The Kier molecular flexibility index (Phi) is 2.88. The fourth-order valence-corrected chi connectivity index (χ4v) is 0.456. The van der Waals surface area contributed by atoms with Crippen LogP contribution in [0.1, 0.15) is 0 Å². The molecule has 46 valence electrons. The van der Waals surface area contributed by atoms with Gasteiger partial charge < -0.3 is 0 Å². The van der Waals surface area contributed by atoms with E-state index in [-0.39, 0.29) is 0 Å². The quantitative estimate of drug-likeness (QED) is 0.479. The van der Waals surface area contributed by atoms with E-state index in [2.05, 4.69) is 0 Å². The molecular weight excluding hydrogens is 224 g/mol. The molecule has 0 radical (unpaired) electrons. The summed E-state index contributed by atoms with van der Waals surface area (Å²) in [4.78, 5) is 31.2. The molecule has 0 aliphatic rings. The summed E-state index contributed by atoms with van der Waals surface area (Å²) in [5.41, 5.74) is 0. The van der Waals surface area contributed by atoms with Crippen LogP contribution in [-0.2, 0) is 14.4 Å². The molecule has 3 nitrogen and oxygen atoms in total. The molecule has 4 heteroatoms. The number of hydrogen-bond donors (Lipinski definition) is 0.